The molecule has 1 aliphatic heterocycles. The van der Waals surface area contributed by atoms with Gasteiger partial charge in [-0.15, -0.1) is 0 Å². The number of benzene rings is 1. The molecule has 0 radical (unpaired) electrons. The molecule has 18 heavy (non-hydrogen) atoms. The Balaban J connectivity index is 2.11. The average Bonchev–Trinajstić information content (AvgIpc) is 2.43. The van der Waals surface area contributed by atoms with Crippen molar-refractivity contribution in [1.82, 2.24) is 0 Å². The maximum Gasteiger partial charge on any atom is 0.123 e. The van der Waals surface area contributed by atoms with Crippen LogP contribution in [0, 0.1) is 0 Å². The van der Waals surface area contributed by atoms with Gasteiger partial charge in [-0.3, -0.25) is 0 Å². The molecule has 0 aromatic heterocycles. The van der Waals surface area contributed by atoms with E-state index in [-0.39, 0.29) is 6.61 Å². The summed E-state index contributed by atoms with van der Waals surface area (Å²) >= 11 is 0. The first-order valence-electron chi connectivity index (χ1n) is 6.81. The van der Waals surface area contributed by atoms with Crippen molar-refractivity contribution in [1.29, 1.82) is 0 Å². The van der Waals surface area contributed by atoms with Gasteiger partial charge in [-0.1, -0.05) is 13.0 Å². The van der Waals surface area contributed by atoms with Crippen molar-refractivity contribution >= 4 is 0 Å². The van der Waals surface area contributed by atoms with E-state index in [4.69, 9.17) is 14.6 Å². The summed E-state index contributed by atoms with van der Waals surface area (Å²) in [6, 6.07) is 4.39. The van der Waals surface area contributed by atoms with Crippen LogP contribution in [0.4, 0.5) is 0 Å². The van der Waals surface area contributed by atoms with Crippen LogP contribution >= 0.6 is 0 Å². The van der Waals surface area contributed by atoms with Crippen molar-refractivity contribution in [2.45, 2.75) is 39.2 Å². The van der Waals surface area contributed by atoms with E-state index >= 15 is 0 Å². The second-order valence-electron chi connectivity index (χ2n) is 4.67. The van der Waals surface area contributed by atoms with Crippen LogP contribution in [-0.4, -0.2) is 24.9 Å². The Labute approximate surface area is 109 Å². The summed E-state index contributed by atoms with van der Waals surface area (Å²) in [5.74, 6) is 1.04. The third-order valence-electron chi connectivity index (χ3n) is 3.30. The van der Waals surface area contributed by atoms with Gasteiger partial charge >= 0.3 is 0 Å². The first kappa shape index (κ1) is 13.4. The maximum absolute atomic E-state index is 8.74. The van der Waals surface area contributed by atoms with Gasteiger partial charge < -0.3 is 14.6 Å². The summed E-state index contributed by atoms with van der Waals surface area (Å²) in [6.07, 6.45) is 3.88. The molecule has 1 aliphatic rings. The molecule has 0 aliphatic carbocycles. The molecule has 1 N–H and O–H groups in total. The van der Waals surface area contributed by atoms with Crippen molar-refractivity contribution in [2.24, 2.45) is 0 Å². The predicted molar refractivity (Wildman–Crippen MR) is 71.0 cm³/mol. The first-order chi connectivity index (χ1) is 8.85. The largest absolute Gasteiger partial charge is 0.493 e. The maximum atomic E-state index is 8.74. The highest BCUT2D eigenvalue weighted by atomic mass is 16.5. The second-order valence-corrected chi connectivity index (χ2v) is 4.67. The van der Waals surface area contributed by atoms with Gasteiger partial charge in [-0.05, 0) is 48.4 Å². The van der Waals surface area contributed by atoms with Gasteiger partial charge in [-0.2, -0.15) is 0 Å². The van der Waals surface area contributed by atoms with Crippen molar-refractivity contribution in [3.63, 3.8) is 0 Å². The minimum absolute atomic E-state index is 0.191. The fourth-order valence-corrected chi connectivity index (χ4v) is 2.29. The second kappa shape index (κ2) is 6.76. The smallest absolute Gasteiger partial charge is 0.123 e. The van der Waals surface area contributed by atoms with Gasteiger partial charge in [0.15, 0.2) is 0 Å². The summed E-state index contributed by atoms with van der Waals surface area (Å²) in [6.45, 7) is 4.41. The lowest BCUT2D eigenvalue weighted by atomic mass is 9.97. The Morgan fingerprint density at radius 3 is 3.06 bits per heavy atom. The quantitative estimate of drug-likeness (QED) is 0.788. The fourth-order valence-electron chi connectivity index (χ4n) is 2.29. The fraction of sp³-hybridized carbons (Fsp3) is 0.600. The highest BCUT2D eigenvalue weighted by molar-refractivity contribution is 5.44. The summed E-state index contributed by atoms with van der Waals surface area (Å²) in [5.41, 5.74) is 3.86. The van der Waals surface area contributed by atoms with Crippen LogP contribution < -0.4 is 4.74 Å². The number of ether oxygens (including phenoxy) is 2. The number of aliphatic hydroxyl groups is 1. The molecule has 0 saturated carbocycles. The SMILES string of the molecule is CCc1cc(COCCCO)c2c(c1)OCCC2. The van der Waals surface area contributed by atoms with Crippen LogP contribution in [0.1, 0.15) is 36.5 Å². The molecular weight excluding hydrogens is 228 g/mol. The van der Waals surface area contributed by atoms with Crippen molar-refractivity contribution in [3.05, 3.63) is 28.8 Å². The van der Waals surface area contributed by atoms with Crippen LogP contribution in [0.5, 0.6) is 5.75 Å². The van der Waals surface area contributed by atoms with E-state index in [0.717, 1.165) is 31.6 Å². The lowest BCUT2D eigenvalue weighted by molar-refractivity contribution is 0.103. The van der Waals surface area contributed by atoms with E-state index in [1.165, 1.54) is 16.7 Å². The third-order valence-corrected chi connectivity index (χ3v) is 3.30. The minimum atomic E-state index is 0.191. The zero-order valence-electron chi connectivity index (χ0n) is 11.1. The molecule has 0 bridgehead atoms. The normalized spacial score (nSPS) is 14.1. The van der Waals surface area contributed by atoms with E-state index in [1.807, 2.05) is 0 Å². The summed E-state index contributed by atoms with van der Waals surface area (Å²) in [4.78, 5) is 0. The Kier molecular flexibility index (Phi) is 5.02. The molecular formula is C15H22O3. The summed E-state index contributed by atoms with van der Waals surface area (Å²) in [5, 5.41) is 8.74. The van der Waals surface area contributed by atoms with Gasteiger partial charge in [0.2, 0.25) is 0 Å². The van der Waals surface area contributed by atoms with Crippen LogP contribution in [0.15, 0.2) is 12.1 Å². The third kappa shape index (κ3) is 3.24. The standard InChI is InChI=1S/C15H22O3/c1-2-12-9-13(11-17-7-4-6-16)14-5-3-8-18-15(14)10-12/h9-10,16H,2-8,11H2,1H3. The lowest BCUT2D eigenvalue weighted by Gasteiger charge is -2.21. The van der Waals surface area contributed by atoms with Gasteiger partial charge in [0, 0.05) is 13.2 Å². The Bertz CT molecular complexity index is 388. The van der Waals surface area contributed by atoms with Crippen LogP contribution in [-0.2, 0) is 24.2 Å². The number of rotatable bonds is 6. The Hall–Kier alpha value is -1.06. The minimum Gasteiger partial charge on any atom is -0.493 e. The van der Waals surface area contributed by atoms with E-state index < -0.39 is 0 Å². The van der Waals surface area contributed by atoms with E-state index in [2.05, 4.69) is 19.1 Å². The molecule has 0 saturated heterocycles. The predicted octanol–water partition coefficient (Wildman–Crippen LogP) is 2.47. The average molecular weight is 250 g/mol. The molecule has 1 aromatic carbocycles. The highest BCUT2D eigenvalue weighted by Gasteiger charge is 2.15. The Morgan fingerprint density at radius 1 is 1.39 bits per heavy atom. The molecule has 0 atom stereocenters. The monoisotopic (exact) mass is 250 g/mol. The van der Waals surface area contributed by atoms with E-state index in [9.17, 15) is 0 Å². The summed E-state index contributed by atoms with van der Waals surface area (Å²) in [7, 11) is 0. The van der Waals surface area contributed by atoms with Crippen molar-refractivity contribution in [2.75, 3.05) is 19.8 Å². The number of hydrogen-bond acceptors (Lipinski definition) is 3. The topological polar surface area (TPSA) is 38.7 Å². The van der Waals surface area contributed by atoms with Crippen molar-refractivity contribution in [3.8, 4) is 5.75 Å². The molecule has 0 unspecified atom stereocenters. The molecule has 2 rings (SSSR count). The molecule has 3 heteroatoms. The molecule has 1 heterocycles. The van der Waals surface area contributed by atoms with Crippen molar-refractivity contribution < 1.29 is 14.6 Å². The van der Waals surface area contributed by atoms with Gasteiger partial charge in [0.1, 0.15) is 5.75 Å². The van der Waals surface area contributed by atoms with Crippen LogP contribution in [0.25, 0.3) is 0 Å². The molecule has 0 amide bonds. The van der Waals surface area contributed by atoms with Crippen LogP contribution in [0.3, 0.4) is 0 Å². The zero-order valence-corrected chi connectivity index (χ0v) is 11.1. The molecule has 100 valence electrons. The number of hydrogen-bond donors (Lipinski definition) is 1. The van der Waals surface area contributed by atoms with Gasteiger partial charge in [0.05, 0.1) is 13.2 Å². The number of aliphatic hydroxyl groups excluding tert-OH is 1. The van der Waals surface area contributed by atoms with Gasteiger partial charge in [0.25, 0.3) is 0 Å². The number of aryl methyl sites for hydroxylation is 1. The first-order valence-corrected chi connectivity index (χ1v) is 6.81. The number of fused-ring (bicyclic) bond motifs is 1. The Morgan fingerprint density at radius 2 is 2.28 bits per heavy atom. The van der Waals surface area contributed by atoms with Gasteiger partial charge in [-0.25, -0.2) is 0 Å². The summed E-state index contributed by atoms with van der Waals surface area (Å²) < 4.78 is 11.3. The highest BCUT2D eigenvalue weighted by Crippen LogP contribution is 2.30. The molecule has 1 aromatic rings. The molecule has 3 nitrogen and oxygen atoms in total. The zero-order chi connectivity index (χ0) is 12.8. The van der Waals surface area contributed by atoms with E-state index in [1.54, 1.807) is 0 Å². The van der Waals surface area contributed by atoms with Crippen LogP contribution in [0.2, 0.25) is 0 Å². The molecule has 0 fully saturated rings. The van der Waals surface area contributed by atoms with E-state index in [0.29, 0.717) is 19.6 Å². The molecule has 0 spiro atoms. The lowest BCUT2D eigenvalue weighted by Crippen LogP contribution is -2.12.